The van der Waals surface area contributed by atoms with Crippen molar-refractivity contribution in [3.63, 3.8) is 0 Å². The highest BCUT2D eigenvalue weighted by Gasteiger charge is 2.56. The molecule has 92 valence electrons. The molecule has 1 aliphatic heterocycles. The second-order valence-corrected chi connectivity index (χ2v) is 5.85. The number of ether oxygens (including phenoxy) is 1. The Morgan fingerprint density at radius 2 is 1.94 bits per heavy atom. The number of hydrogen-bond donors (Lipinski definition) is 1. The second kappa shape index (κ2) is 3.91. The summed E-state index contributed by atoms with van der Waals surface area (Å²) in [6.07, 6.45) is -0.269. The lowest BCUT2D eigenvalue weighted by Gasteiger charge is -2.21. The smallest absolute Gasteiger partial charge is 0.407 e. The molecule has 0 aromatic carbocycles. The molecule has 0 spiro atoms. The Balaban J connectivity index is 1.73. The number of likely N-dealkylation sites (tertiary alicyclic amines) is 1. The van der Waals surface area contributed by atoms with E-state index in [-0.39, 0.29) is 6.09 Å². The van der Waals surface area contributed by atoms with Crippen molar-refractivity contribution in [3.05, 3.63) is 0 Å². The molecule has 1 heterocycles. The fourth-order valence-electron chi connectivity index (χ4n) is 2.53. The van der Waals surface area contributed by atoms with Gasteiger partial charge in [0, 0.05) is 19.1 Å². The third kappa shape index (κ3) is 2.48. The highest BCUT2D eigenvalue weighted by molar-refractivity contribution is 5.68. The number of piperidine rings is 1. The summed E-state index contributed by atoms with van der Waals surface area (Å²) in [6, 6.07) is 0.359. The molecular formula is C12H22N2O2. The van der Waals surface area contributed by atoms with E-state index in [1.54, 1.807) is 0 Å². The Bertz CT molecular complexity index is 273. The first-order chi connectivity index (χ1) is 7.40. The van der Waals surface area contributed by atoms with Gasteiger partial charge in [-0.2, -0.15) is 0 Å². The first-order valence-corrected chi connectivity index (χ1v) is 6.12. The molecular weight excluding hydrogens is 204 g/mol. The fraction of sp³-hybridized carbons (Fsp3) is 0.917. The van der Waals surface area contributed by atoms with Crippen LogP contribution >= 0.6 is 0 Å². The number of carbonyl (C=O) groups is 1. The molecule has 16 heavy (non-hydrogen) atoms. The van der Waals surface area contributed by atoms with Crippen LogP contribution in [0.5, 0.6) is 0 Å². The largest absolute Gasteiger partial charge is 0.444 e. The molecule has 0 aromatic heterocycles. The van der Waals surface area contributed by atoms with E-state index in [0.29, 0.717) is 17.9 Å². The van der Waals surface area contributed by atoms with Crippen LogP contribution in [0.25, 0.3) is 0 Å². The van der Waals surface area contributed by atoms with Crippen LogP contribution < -0.4 is 5.32 Å². The zero-order chi connectivity index (χ0) is 11.9. The Morgan fingerprint density at radius 1 is 1.38 bits per heavy atom. The number of hydrogen-bond acceptors (Lipinski definition) is 3. The van der Waals surface area contributed by atoms with Gasteiger partial charge in [-0.25, -0.2) is 4.79 Å². The fourth-order valence-corrected chi connectivity index (χ4v) is 2.53. The summed E-state index contributed by atoms with van der Waals surface area (Å²) < 4.78 is 5.24. The number of rotatable bonds is 2. The summed E-state index contributed by atoms with van der Waals surface area (Å²) in [5, 5.41) is 2.97. The highest BCUT2D eigenvalue weighted by atomic mass is 16.6. The number of alkyl carbamates (subject to hydrolysis) is 1. The lowest BCUT2D eigenvalue weighted by molar-refractivity contribution is 0.0514. The van der Waals surface area contributed by atoms with Gasteiger partial charge in [-0.1, -0.05) is 6.92 Å². The molecule has 2 atom stereocenters. The topological polar surface area (TPSA) is 41.6 Å². The summed E-state index contributed by atoms with van der Waals surface area (Å²) in [6.45, 7) is 11.2. The van der Waals surface area contributed by atoms with E-state index in [0.717, 1.165) is 19.6 Å². The molecule has 0 aromatic rings. The summed E-state index contributed by atoms with van der Waals surface area (Å²) in [7, 11) is 0. The van der Waals surface area contributed by atoms with Crippen LogP contribution in [0, 0.1) is 11.8 Å². The number of fused-ring (bicyclic) bond motifs is 1. The first kappa shape index (κ1) is 11.7. The van der Waals surface area contributed by atoms with Gasteiger partial charge in [0.2, 0.25) is 0 Å². The van der Waals surface area contributed by atoms with E-state index in [2.05, 4.69) is 17.1 Å². The van der Waals surface area contributed by atoms with E-state index in [4.69, 9.17) is 4.74 Å². The van der Waals surface area contributed by atoms with Crippen LogP contribution in [0.3, 0.4) is 0 Å². The number of nitrogens with one attached hydrogen (secondary N) is 1. The van der Waals surface area contributed by atoms with Gasteiger partial charge in [0.05, 0.1) is 0 Å². The summed E-state index contributed by atoms with van der Waals surface area (Å²) in [5.41, 5.74) is -0.399. The Labute approximate surface area is 97.3 Å². The van der Waals surface area contributed by atoms with Crippen molar-refractivity contribution in [3.8, 4) is 0 Å². The van der Waals surface area contributed by atoms with Crippen molar-refractivity contribution in [1.29, 1.82) is 0 Å². The van der Waals surface area contributed by atoms with Crippen molar-refractivity contribution < 1.29 is 9.53 Å². The van der Waals surface area contributed by atoms with Crippen molar-refractivity contribution in [2.75, 3.05) is 19.6 Å². The molecule has 4 heteroatoms. The molecule has 2 fully saturated rings. The van der Waals surface area contributed by atoms with Gasteiger partial charge in [0.1, 0.15) is 5.60 Å². The van der Waals surface area contributed by atoms with Crippen LogP contribution in [-0.2, 0) is 4.74 Å². The molecule has 1 amide bonds. The third-order valence-electron chi connectivity index (χ3n) is 3.40. The number of amides is 1. The van der Waals surface area contributed by atoms with E-state index >= 15 is 0 Å². The minimum Gasteiger partial charge on any atom is -0.444 e. The molecule has 2 unspecified atom stereocenters. The van der Waals surface area contributed by atoms with Crippen molar-refractivity contribution in [2.45, 2.75) is 39.3 Å². The van der Waals surface area contributed by atoms with E-state index in [1.807, 2.05) is 20.8 Å². The maximum Gasteiger partial charge on any atom is 0.407 e. The summed E-state index contributed by atoms with van der Waals surface area (Å²) >= 11 is 0. The average molecular weight is 226 g/mol. The quantitative estimate of drug-likeness (QED) is 0.775. The minimum atomic E-state index is -0.399. The van der Waals surface area contributed by atoms with Gasteiger partial charge in [0.25, 0.3) is 0 Å². The summed E-state index contributed by atoms with van der Waals surface area (Å²) in [5.74, 6) is 1.32. The third-order valence-corrected chi connectivity index (χ3v) is 3.40. The molecule has 1 saturated carbocycles. The lowest BCUT2D eigenvalue weighted by atomic mass is 10.2. The predicted molar refractivity (Wildman–Crippen MR) is 62.3 cm³/mol. The number of carbonyl (C=O) groups excluding carboxylic acids is 1. The molecule has 4 nitrogen and oxygen atoms in total. The lowest BCUT2D eigenvalue weighted by Crippen LogP contribution is -2.38. The van der Waals surface area contributed by atoms with E-state index < -0.39 is 5.60 Å². The van der Waals surface area contributed by atoms with Crippen LogP contribution in [0.15, 0.2) is 0 Å². The normalized spacial score (nSPS) is 33.4. The van der Waals surface area contributed by atoms with Gasteiger partial charge in [-0.3, -0.25) is 0 Å². The van der Waals surface area contributed by atoms with Crippen molar-refractivity contribution >= 4 is 6.09 Å². The predicted octanol–water partition coefficient (Wildman–Crippen LogP) is 1.46. The van der Waals surface area contributed by atoms with Gasteiger partial charge in [-0.15, -0.1) is 0 Å². The molecule has 2 rings (SSSR count). The standard InChI is InChI=1S/C12H22N2O2/c1-5-14-6-8-9(7-14)10(8)13-11(15)16-12(2,3)4/h8-10H,5-7H2,1-4H3,(H,13,15). The van der Waals surface area contributed by atoms with Gasteiger partial charge < -0.3 is 15.0 Å². The van der Waals surface area contributed by atoms with Gasteiger partial charge >= 0.3 is 6.09 Å². The van der Waals surface area contributed by atoms with E-state index in [1.165, 1.54) is 0 Å². The van der Waals surface area contributed by atoms with Gasteiger partial charge in [0.15, 0.2) is 0 Å². The average Bonchev–Trinajstić information content (AvgIpc) is 2.60. The molecule has 1 saturated heterocycles. The molecule has 1 N–H and O–H groups in total. The van der Waals surface area contributed by atoms with Crippen LogP contribution in [0.4, 0.5) is 4.79 Å². The van der Waals surface area contributed by atoms with E-state index in [9.17, 15) is 4.79 Å². The van der Waals surface area contributed by atoms with Crippen molar-refractivity contribution in [2.24, 2.45) is 11.8 Å². The van der Waals surface area contributed by atoms with Crippen LogP contribution in [-0.4, -0.2) is 42.3 Å². The summed E-state index contributed by atoms with van der Waals surface area (Å²) in [4.78, 5) is 14.0. The zero-order valence-electron chi connectivity index (χ0n) is 10.6. The minimum absolute atomic E-state index is 0.269. The molecule has 0 radical (unpaired) electrons. The van der Waals surface area contributed by atoms with Gasteiger partial charge in [-0.05, 0) is 39.2 Å². The molecule has 0 bridgehead atoms. The number of nitrogens with zero attached hydrogens (tertiary/aromatic N) is 1. The zero-order valence-corrected chi connectivity index (χ0v) is 10.6. The second-order valence-electron chi connectivity index (χ2n) is 5.85. The van der Waals surface area contributed by atoms with Crippen LogP contribution in [0.2, 0.25) is 0 Å². The Hall–Kier alpha value is -0.770. The van der Waals surface area contributed by atoms with Crippen molar-refractivity contribution in [1.82, 2.24) is 10.2 Å². The Kier molecular flexibility index (Phi) is 2.86. The molecule has 1 aliphatic carbocycles. The maximum atomic E-state index is 11.5. The first-order valence-electron chi connectivity index (χ1n) is 6.12. The Morgan fingerprint density at radius 3 is 2.38 bits per heavy atom. The maximum absolute atomic E-state index is 11.5. The van der Waals surface area contributed by atoms with Crippen LogP contribution in [0.1, 0.15) is 27.7 Å². The highest BCUT2D eigenvalue weighted by Crippen LogP contribution is 2.45. The molecule has 2 aliphatic rings. The SMILES string of the molecule is CCN1CC2C(C1)C2NC(=O)OC(C)(C)C. The monoisotopic (exact) mass is 226 g/mol.